The van der Waals surface area contributed by atoms with Crippen LogP contribution < -0.4 is 0 Å². The minimum absolute atomic E-state index is 0.128. The quantitative estimate of drug-likeness (QED) is 0.944. The van der Waals surface area contributed by atoms with Gasteiger partial charge < -0.3 is 10.0 Å². The first kappa shape index (κ1) is 16.7. The maximum absolute atomic E-state index is 12.5. The highest BCUT2D eigenvalue weighted by atomic mass is 16.3. The van der Waals surface area contributed by atoms with E-state index in [-0.39, 0.29) is 5.91 Å². The number of amides is 1. The van der Waals surface area contributed by atoms with Crippen molar-refractivity contribution in [3.8, 4) is 0 Å². The Balaban J connectivity index is 1.63. The fourth-order valence-corrected chi connectivity index (χ4v) is 3.21. The number of aliphatic hydroxyl groups is 1. The van der Waals surface area contributed by atoms with E-state index in [0.29, 0.717) is 38.0 Å². The molecule has 3 rings (SSSR count). The Kier molecular flexibility index (Phi) is 4.67. The van der Waals surface area contributed by atoms with Gasteiger partial charge in [-0.1, -0.05) is 30.3 Å². The van der Waals surface area contributed by atoms with E-state index in [1.165, 1.54) is 0 Å². The van der Waals surface area contributed by atoms with Gasteiger partial charge in [0, 0.05) is 19.3 Å². The Morgan fingerprint density at radius 2 is 1.88 bits per heavy atom. The van der Waals surface area contributed by atoms with Crippen molar-refractivity contribution in [2.75, 3.05) is 13.1 Å². The molecule has 1 aliphatic heterocycles. The Labute approximate surface area is 143 Å². The standard InChI is InChI=1S/C20H24N2O2/c1-15-7-8-18(21-14-15)20(24)9-11-22(12-10-20)19(23)13-17-6-4-3-5-16(17)2/h3-8,14,24H,9-13H2,1-2H3. The number of benzene rings is 1. The molecule has 0 saturated carbocycles. The lowest BCUT2D eigenvalue weighted by Crippen LogP contribution is -2.46. The Morgan fingerprint density at radius 3 is 2.50 bits per heavy atom. The molecule has 1 amide bonds. The molecular formula is C20H24N2O2. The van der Waals surface area contributed by atoms with Crippen LogP contribution in [0.3, 0.4) is 0 Å². The number of aryl methyl sites for hydroxylation is 2. The first-order chi connectivity index (χ1) is 11.5. The molecule has 0 unspecified atom stereocenters. The largest absolute Gasteiger partial charge is 0.383 e. The summed E-state index contributed by atoms with van der Waals surface area (Å²) in [5.41, 5.74) is 3.08. The minimum atomic E-state index is -0.923. The van der Waals surface area contributed by atoms with Gasteiger partial charge in [-0.15, -0.1) is 0 Å². The lowest BCUT2D eigenvalue weighted by atomic mass is 9.87. The van der Waals surface area contributed by atoms with Gasteiger partial charge in [0.25, 0.3) is 0 Å². The Bertz CT molecular complexity index is 717. The summed E-state index contributed by atoms with van der Waals surface area (Å²) in [6.45, 7) is 5.14. The summed E-state index contributed by atoms with van der Waals surface area (Å²) in [6.07, 6.45) is 3.27. The SMILES string of the molecule is Cc1ccc(C2(O)CCN(C(=O)Cc3ccccc3C)CC2)nc1. The van der Waals surface area contributed by atoms with Gasteiger partial charge in [-0.25, -0.2) is 0 Å². The highest BCUT2D eigenvalue weighted by molar-refractivity contribution is 5.79. The summed E-state index contributed by atoms with van der Waals surface area (Å²) in [4.78, 5) is 18.8. The smallest absolute Gasteiger partial charge is 0.227 e. The van der Waals surface area contributed by atoms with E-state index >= 15 is 0 Å². The van der Waals surface area contributed by atoms with Crippen molar-refractivity contribution >= 4 is 5.91 Å². The molecule has 4 heteroatoms. The van der Waals surface area contributed by atoms with Crippen molar-refractivity contribution in [2.45, 2.75) is 38.7 Å². The van der Waals surface area contributed by atoms with Crippen LogP contribution in [-0.2, 0) is 16.8 Å². The number of hydrogen-bond acceptors (Lipinski definition) is 3. The molecular weight excluding hydrogens is 300 g/mol. The molecule has 2 heterocycles. The van der Waals surface area contributed by atoms with Crippen molar-refractivity contribution < 1.29 is 9.90 Å². The second kappa shape index (κ2) is 6.73. The summed E-state index contributed by atoms with van der Waals surface area (Å²) in [5.74, 6) is 0.128. The predicted octanol–water partition coefficient (Wildman–Crippen LogP) is 2.75. The number of nitrogens with zero attached hydrogens (tertiary/aromatic N) is 2. The molecule has 24 heavy (non-hydrogen) atoms. The molecule has 4 nitrogen and oxygen atoms in total. The summed E-state index contributed by atoms with van der Waals surface area (Å²) in [5, 5.41) is 10.9. The van der Waals surface area contributed by atoms with Crippen LogP contribution in [0.5, 0.6) is 0 Å². The van der Waals surface area contributed by atoms with Crippen molar-refractivity contribution in [3.05, 3.63) is 65.0 Å². The molecule has 1 aliphatic rings. The van der Waals surface area contributed by atoms with Gasteiger partial charge >= 0.3 is 0 Å². The van der Waals surface area contributed by atoms with Gasteiger partial charge in [0.15, 0.2) is 0 Å². The lowest BCUT2D eigenvalue weighted by Gasteiger charge is -2.38. The highest BCUT2D eigenvalue weighted by Gasteiger charge is 2.36. The fraction of sp³-hybridized carbons (Fsp3) is 0.400. The summed E-state index contributed by atoms with van der Waals surface area (Å²) in [6, 6.07) is 11.8. The van der Waals surface area contributed by atoms with Gasteiger partial charge in [0.05, 0.1) is 12.1 Å². The van der Waals surface area contributed by atoms with Gasteiger partial charge in [-0.3, -0.25) is 9.78 Å². The van der Waals surface area contributed by atoms with Crippen LogP contribution in [0.25, 0.3) is 0 Å². The Hall–Kier alpha value is -2.20. The molecule has 1 aromatic carbocycles. The minimum Gasteiger partial charge on any atom is -0.383 e. The molecule has 0 bridgehead atoms. The van der Waals surface area contributed by atoms with E-state index < -0.39 is 5.60 Å². The molecule has 0 aliphatic carbocycles. The van der Waals surface area contributed by atoms with Gasteiger partial charge in [0.2, 0.25) is 5.91 Å². The third-order valence-corrected chi connectivity index (χ3v) is 4.93. The third-order valence-electron chi connectivity index (χ3n) is 4.93. The average molecular weight is 324 g/mol. The number of piperidine rings is 1. The number of carbonyl (C=O) groups is 1. The molecule has 126 valence electrons. The van der Waals surface area contributed by atoms with Crippen LogP contribution in [0.1, 0.15) is 35.2 Å². The number of pyridine rings is 1. The number of aromatic nitrogens is 1. The number of hydrogen-bond donors (Lipinski definition) is 1. The van der Waals surface area contributed by atoms with Crippen molar-refractivity contribution in [1.29, 1.82) is 0 Å². The van der Waals surface area contributed by atoms with E-state index in [9.17, 15) is 9.90 Å². The lowest BCUT2D eigenvalue weighted by molar-refractivity contribution is -0.135. The second-order valence-corrected chi connectivity index (χ2v) is 6.74. The zero-order valence-electron chi connectivity index (χ0n) is 14.3. The van der Waals surface area contributed by atoms with Crippen LogP contribution in [0, 0.1) is 13.8 Å². The van der Waals surface area contributed by atoms with Gasteiger partial charge in [-0.2, -0.15) is 0 Å². The van der Waals surface area contributed by atoms with Gasteiger partial charge in [0.1, 0.15) is 5.60 Å². The van der Waals surface area contributed by atoms with Crippen LogP contribution in [-0.4, -0.2) is 34.0 Å². The van der Waals surface area contributed by atoms with Crippen molar-refractivity contribution in [1.82, 2.24) is 9.88 Å². The zero-order chi connectivity index (χ0) is 17.2. The van der Waals surface area contributed by atoms with E-state index in [1.807, 2.05) is 55.1 Å². The maximum atomic E-state index is 12.5. The van der Waals surface area contributed by atoms with Crippen molar-refractivity contribution in [3.63, 3.8) is 0 Å². The average Bonchev–Trinajstić information content (AvgIpc) is 2.58. The van der Waals surface area contributed by atoms with Crippen LogP contribution in [0.2, 0.25) is 0 Å². The molecule has 0 atom stereocenters. The van der Waals surface area contributed by atoms with Crippen LogP contribution in [0.15, 0.2) is 42.6 Å². The first-order valence-electron chi connectivity index (χ1n) is 8.46. The van der Waals surface area contributed by atoms with E-state index in [2.05, 4.69) is 4.98 Å². The summed E-state index contributed by atoms with van der Waals surface area (Å²) >= 11 is 0. The van der Waals surface area contributed by atoms with Gasteiger partial charge in [-0.05, 0) is 49.4 Å². The molecule has 1 fully saturated rings. The second-order valence-electron chi connectivity index (χ2n) is 6.74. The van der Waals surface area contributed by atoms with E-state index in [0.717, 1.165) is 16.7 Å². The highest BCUT2D eigenvalue weighted by Crippen LogP contribution is 2.31. The third kappa shape index (κ3) is 3.49. The predicted molar refractivity (Wildman–Crippen MR) is 93.6 cm³/mol. The fourth-order valence-electron chi connectivity index (χ4n) is 3.21. The molecule has 2 aromatic rings. The summed E-state index contributed by atoms with van der Waals surface area (Å²) < 4.78 is 0. The normalized spacial score (nSPS) is 16.9. The number of likely N-dealkylation sites (tertiary alicyclic amines) is 1. The topological polar surface area (TPSA) is 53.4 Å². The van der Waals surface area contributed by atoms with Crippen molar-refractivity contribution in [2.24, 2.45) is 0 Å². The van der Waals surface area contributed by atoms with E-state index in [1.54, 1.807) is 6.20 Å². The molecule has 1 saturated heterocycles. The zero-order valence-corrected chi connectivity index (χ0v) is 14.3. The molecule has 0 radical (unpaired) electrons. The first-order valence-corrected chi connectivity index (χ1v) is 8.46. The van der Waals surface area contributed by atoms with E-state index in [4.69, 9.17) is 0 Å². The molecule has 1 aromatic heterocycles. The molecule has 0 spiro atoms. The van der Waals surface area contributed by atoms with Crippen LogP contribution in [0.4, 0.5) is 0 Å². The maximum Gasteiger partial charge on any atom is 0.227 e. The molecule has 1 N–H and O–H groups in total. The summed E-state index contributed by atoms with van der Waals surface area (Å²) in [7, 11) is 0. The monoisotopic (exact) mass is 324 g/mol. The van der Waals surface area contributed by atoms with Crippen LogP contribution >= 0.6 is 0 Å². The Morgan fingerprint density at radius 1 is 1.17 bits per heavy atom. The number of carbonyl (C=O) groups excluding carboxylic acids is 1. The number of rotatable bonds is 3.